The average molecular weight is 356 g/mol. The Hall–Kier alpha value is -2.69. The maximum absolute atomic E-state index is 11.9. The summed E-state index contributed by atoms with van der Waals surface area (Å²) in [4.78, 5) is 11.9. The molecule has 0 aliphatic rings. The van der Waals surface area contributed by atoms with E-state index in [1.807, 2.05) is 62.4 Å². The van der Waals surface area contributed by atoms with Crippen LogP contribution in [0.2, 0.25) is 0 Å². The second-order valence-corrected chi connectivity index (χ2v) is 6.32. The third kappa shape index (κ3) is 7.05. The summed E-state index contributed by atoms with van der Waals surface area (Å²) in [6.07, 6.45) is 1.41. The van der Waals surface area contributed by atoms with Gasteiger partial charge in [0.15, 0.2) is 0 Å². The quantitative estimate of drug-likeness (QED) is 0.682. The van der Waals surface area contributed by atoms with E-state index in [2.05, 4.69) is 10.6 Å². The van der Waals surface area contributed by atoms with E-state index >= 15 is 0 Å². The summed E-state index contributed by atoms with van der Waals surface area (Å²) in [6.45, 7) is 5.23. The van der Waals surface area contributed by atoms with Crippen molar-refractivity contribution in [2.45, 2.75) is 32.8 Å². The average Bonchev–Trinajstić information content (AvgIpc) is 2.63. The highest BCUT2D eigenvalue weighted by molar-refractivity contribution is 5.76. The van der Waals surface area contributed by atoms with Crippen LogP contribution >= 0.6 is 0 Å². The number of nitrogens with one attached hydrogen (secondary N) is 2. The molecular weight excluding hydrogens is 328 g/mol. The molecule has 0 bridgehead atoms. The van der Waals surface area contributed by atoms with Crippen molar-refractivity contribution in [2.24, 2.45) is 0 Å². The first-order chi connectivity index (χ1) is 12.6. The predicted molar refractivity (Wildman–Crippen MR) is 105 cm³/mol. The largest absolute Gasteiger partial charge is 0.497 e. The molecule has 2 rings (SSSR count). The van der Waals surface area contributed by atoms with Gasteiger partial charge in [0.05, 0.1) is 13.2 Å². The lowest BCUT2D eigenvalue weighted by molar-refractivity contribution is -0.120. The first-order valence-electron chi connectivity index (χ1n) is 8.97. The SMILES string of the molecule is COc1ccc(CCNC(=O)CCNc2ccc(OC(C)C)cc2)cc1. The number of hydrogen-bond donors (Lipinski definition) is 2. The highest BCUT2D eigenvalue weighted by Gasteiger charge is 2.02. The van der Waals surface area contributed by atoms with Gasteiger partial charge in [-0.05, 0) is 62.2 Å². The molecule has 0 atom stereocenters. The molecule has 1 amide bonds. The van der Waals surface area contributed by atoms with Crippen LogP contribution in [-0.4, -0.2) is 32.2 Å². The van der Waals surface area contributed by atoms with Crippen molar-refractivity contribution in [1.82, 2.24) is 5.32 Å². The zero-order valence-electron chi connectivity index (χ0n) is 15.7. The summed E-state index contributed by atoms with van der Waals surface area (Å²) in [5.41, 5.74) is 2.15. The van der Waals surface area contributed by atoms with Crippen molar-refractivity contribution >= 4 is 11.6 Å². The normalized spacial score (nSPS) is 10.5. The number of benzene rings is 2. The fraction of sp³-hybridized carbons (Fsp3) is 0.381. The molecule has 0 spiro atoms. The van der Waals surface area contributed by atoms with Crippen molar-refractivity contribution in [3.05, 3.63) is 54.1 Å². The highest BCUT2D eigenvalue weighted by atomic mass is 16.5. The van der Waals surface area contributed by atoms with Gasteiger partial charge in [-0.2, -0.15) is 0 Å². The first kappa shape index (κ1) is 19.6. The molecule has 0 radical (unpaired) electrons. The van der Waals surface area contributed by atoms with E-state index in [4.69, 9.17) is 9.47 Å². The molecule has 2 aromatic carbocycles. The van der Waals surface area contributed by atoms with Crippen LogP contribution in [0.15, 0.2) is 48.5 Å². The zero-order chi connectivity index (χ0) is 18.8. The second kappa shape index (κ2) is 10.3. The van der Waals surface area contributed by atoms with Gasteiger partial charge in [0, 0.05) is 25.2 Å². The molecule has 5 heteroatoms. The van der Waals surface area contributed by atoms with Gasteiger partial charge >= 0.3 is 0 Å². The van der Waals surface area contributed by atoms with Crippen LogP contribution in [0, 0.1) is 0 Å². The number of amides is 1. The molecule has 0 saturated carbocycles. The van der Waals surface area contributed by atoms with Gasteiger partial charge < -0.3 is 20.1 Å². The molecule has 0 aliphatic heterocycles. The lowest BCUT2D eigenvalue weighted by atomic mass is 10.1. The smallest absolute Gasteiger partial charge is 0.221 e. The topological polar surface area (TPSA) is 59.6 Å². The van der Waals surface area contributed by atoms with E-state index in [1.54, 1.807) is 7.11 Å². The van der Waals surface area contributed by atoms with Gasteiger partial charge in [-0.1, -0.05) is 12.1 Å². The Bertz CT molecular complexity index is 667. The standard InChI is InChI=1S/C21H28N2O3/c1-16(2)26-20-10-6-18(7-11-20)22-15-13-21(24)23-14-12-17-4-8-19(25-3)9-5-17/h4-11,16,22H,12-15H2,1-3H3,(H,23,24). The lowest BCUT2D eigenvalue weighted by Gasteiger charge is -2.11. The summed E-state index contributed by atoms with van der Waals surface area (Å²) in [6, 6.07) is 15.7. The first-order valence-corrected chi connectivity index (χ1v) is 8.97. The minimum atomic E-state index is 0.0470. The summed E-state index contributed by atoms with van der Waals surface area (Å²) < 4.78 is 10.7. The van der Waals surface area contributed by atoms with Gasteiger partial charge in [0.25, 0.3) is 0 Å². The number of carbonyl (C=O) groups excluding carboxylic acids is 1. The van der Waals surface area contributed by atoms with E-state index in [1.165, 1.54) is 5.56 Å². The fourth-order valence-corrected chi connectivity index (χ4v) is 2.47. The van der Waals surface area contributed by atoms with Gasteiger partial charge in [0.1, 0.15) is 11.5 Å². The highest BCUT2D eigenvalue weighted by Crippen LogP contribution is 2.16. The maximum Gasteiger partial charge on any atom is 0.221 e. The minimum absolute atomic E-state index is 0.0470. The van der Waals surface area contributed by atoms with Crippen LogP contribution < -0.4 is 20.1 Å². The Kier molecular flexibility index (Phi) is 7.80. The van der Waals surface area contributed by atoms with Gasteiger partial charge in [0.2, 0.25) is 5.91 Å². The Labute approximate surface area is 155 Å². The molecule has 0 unspecified atom stereocenters. The second-order valence-electron chi connectivity index (χ2n) is 6.32. The van der Waals surface area contributed by atoms with Gasteiger partial charge in [-0.3, -0.25) is 4.79 Å². The van der Waals surface area contributed by atoms with Crippen LogP contribution in [-0.2, 0) is 11.2 Å². The van der Waals surface area contributed by atoms with Crippen LogP contribution in [0.5, 0.6) is 11.5 Å². The van der Waals surface area contributed by atoms with Crippen LogP contribution in [0.4, 0.5) is 5.69 Å². The number of methoxy groups -OCH3 is 1. The molecule has 0 aromatic heterocycles. The zero-order valence-corrected chi connectivity index (χ0v) is 15.7. The van der Waals surface area contributed by atoms with Crippen molar-refractivity contribution < 1.29 is 14.3 Å². The molecule has 2 N–H and O–H groups in total. The summed E-state index contributed by atoms with van der Waals surface area (Å²) >= 11 is 0. The molecule has 0 saturated heterocycles. The molecule has 0 heterocycles. The number of rotatable bonds is 10. The Morgan fingerprint density at radius 1 is 0.962 bits per heavy atom. The van der Waals surface area contributed by atoms with E-state index in [-0.39, 0.29) is 12.0 Å². The fourth-order valence-electron chi connectivity index (χ4n) is 2.47. The monoisotopic (exact) mass is 356 g/mol. The van der Waals surface area contributed by atoms with E-state index in [0.29, 0.717) is 19.5 Å². The van der Waals surface area contributed by atoms with E-state index in [0.717, 1.165) is 23.6 Å². The third-order valence-corrected chi connectivity index (χ3v) is 3.80. The van der Waals surface area contributed by atoms with Crippen molar-refractivity contribution in [3.8, 4) is 11.5 Å². The Morgan fingerprint density at radius 2 is 1.62 bits per heavy atom. The van der Waals surface area contributed by atoms with Crippen LogP contribution in [0.25, 0.3) is 0 Å². The van der Waals surface area contributed by atoms with Crippen LogP contribution in [0.3, 0.4) is 0 Å². The molecule has 2 aromatic rings. The van der Waals surface area contributed by atoms with Crippen LogP contribution in [0.1, 0.15) is 25.8 Å². The van der Waals surface area contributed by atoms with Gasteiger partial charge in [-0.15, -0.1) is 0 Å². The molecule has 26 heavy (non-hydrogen) atoms. The number of hydrogen-bond acceptors (Lipinski definition) is 4. The molecule has 5 nitrogen and oxygen atoms in total. The summed E-state index contributed by atoms with van der Waals surface area (Å²) in [5, 5.41) is 6.19. The maximum atomic E-state index is 11.9. The predicted octanol–water partition coefficient (Wildman–Crippen LogP) is 3.64. The van der Waals surface area contributed by atoms with Crippen molar-refractivity contribution in [3.63, 3.8) is 0 Å². The van der Waals surface area contributed by atoms with E-state index < -0.39 is 0 Å². The Morgan fingerprint density at radius 3 is 2.23 bits per heavy atom. The number of carbonyl (C=O) groups is 1. The van der Waals surface area contributed by atoms with Gasteiger partial charge in [-0.25, -0.2) is 0 Å². The van der Waals surface area contributed by atoms with Crippen molar-refractivity contribution in [1.29, 1.82) is 0 Å². The molecule has 140 valence electrons. The van der Waals surface area contributed by atoms with E-state index in [9.17, 15) is 4.79 Å². The lowest BCUT2D eigenvalue weighted by Crippen LogP contribution is -2.27. The molecular formula is C21H28N2O3. The summed E-state index contributed by atoms with van der Waals surface area (Å²) in [5.74, 6) is 1.74. The molecule has 0 fully saturated rings. The minimum Gasteiger partial charge on any atom is -0.497 e. The molecule has 0 aliphatic carbocycles. The number of ether oxygens (including phenoxy) is 2. The number of anilines is 1. The summed E-state index contributed by atoms with van der Waals surface area (Å²) in [7, 11) is 1.65. The Balaban J connectivity index is 1.62. The van der Waals surface area contributed by atoms with Crippen molar-refractivity contribution in [2.75, 3.05) is 25.5 Å². The third-order valence-electron chi connectivity index (χ3n) is 3.80.